The van der Waals surface area contributed by atoms with E-state index in [9.17, 15) is 13.2 Å². The van der Waals surface area contributed by atoms with Crippen LogP contribution in [0.3, 0.4) is 0 Å². The fourth-order valence-corrected chi connectivity index (χ4v) is 4.73. The number of hydrogen-bond acceptors (Lipinski definition) is 5. The molecule has 1 aliphatic heterocycles. The van der Waals surface area contributed by atoms with Gasteiger partial charge in [-0.15, -0.1) is 0 Å². The molecule has 2 heterocycles. The van der Waals surface area contributed by atoms with Crippen molar-refractivity contribution in [2.75, 3.05) is 23.9 Å². The molecule has 1 atom stereocenters. The van der Waals surface area contributed by atoms with Gasteiger partial charge in [0.05, 0.1) is 30.3 Å². The number of aromatic nitrogens is 2. The Bertz CT molecular complexity index is 918. The average molecular weight is 363 g/mol. The van der Waals surface area contributed by atoms with Crippen LogP contribution in [0.1, 0.15) is 34.2 Å². The smallest absolute Gasteiger partial charge is 0.276 e. The van der Waals surface area contributed by atoms with Crippen molar-refractivity contribution in [2.45, 2.75) is 26.3 Å². The SMILES string of the molecule is COc1ccc(C)cc1NC(=O)c1cc(C)n(C2CCS(=O)(=O)C2)n1. The Morgan fingerprint density at radius 3 is 2.72 bits per heavy atom. The van der Waals surface area contributed by atoms with Crippen molar-refractivity contribution in [2.24, 2.45) is 0 Å². The van der Waals surface area contributed by atoms with Crippen LogP contribution < -0.4 is 10.1 Å². The number of ether oxygens (including phenoxy) is 1. The molecule has 1 aliphatic rings. The maximum atomic E-state index is 12.5. The lowest BCUT2D eigenvalue weighted by Crippen LogP contribution is -2.17. The molecule has 1 saturated heterocycles. The quantitative estimate of drug-likeness (QED) is 0.899. The second-order valence-corrected chi connectivity index (χ2v) is 8.56. The number of amides is 1. The molecule has 134 valence electrons. The van der Waals surface area contributed by atoms with Crippen molar-refractivity contribution >= 4 is 21.4 Å². The first kappa shape index (κ1) is 17.5. The number of nitrogens with one attached hydrogen (secondary N) is 1. The normalized spacial score (nSPS) is 18.9. The minimum Gasteiger partial charge on any atom is -0.495 e. The zero-order valence-electron chi connectivity index (χ0n) is 14.4. The number of sulfone groups is 1. The van der Waals surface area contributed by atoms with Crippen molar-refractivity contribution < 1.29 is 17.9 Å². The fraction of sp³-hybridized carbons (Fsp3) is 0.412. The van der Waals surface area contributed by atoms with Crippen LogP contribution in [0.5, 0.6) is 5.75 Å². The van der Waals surface area contributed by atoms with Gasteiger partial charge in [-0.25, -0.2) is 8.42 Å². The molecule has 0 saturated carbocycles. The van der Waals surface area contributed by atoms with Crippen molar-refractivity contribution in [3.63, 3.8) is 0 Å². The molecule has 1 fully saturated rings. The van der Waals surface area contributed by atoms with Crippen LogP contribution in [0.4, 0.5) is 5.69 Å². The lowest BCUT2D eigenvalue weighted by atomic mass is 10.2. The molecule has 1 N–H and O–H groups in total. The number of nitrogens with zero attached hydrogens (tertiary/aromatic N) is 2. The topological polar surface area (TPSA) is 90.3 Å². The predicted octanol–water partition coefficient (Wildman–Crippen LogP) is 2.12. The number of anilines is 1. The Morgan fingerprint density at radius 1 is 1.32 bits per heavy atom. The third kappa shape index (κ3) is 3.68. The minimum absolute atomic E-state index is 0.0717. The molecule has 1 amide bonds. The molecule has 2 aromatic rings. The van der Waals surface area contributed by atoms with Crippen LogP contribution in [0.25, 0.3) is 0 Å². The molecule has 7 nitrogen and oxygen atoms in total. The third-order valence-corrected chi connectivity index (χ3v) is 6.06. The first-order chi connectivity index (χ1) is 11.8. The Labute approximate surface area is 146 Å². The van der Waals surface area contributed by atoms with E-state index in [1.54, 1.807) is 23.9 Å². The number of benzene rings is 1. The number of methoxy groups -OCH3 is 1. The highest BCUT2D eigenvalue weighted by Gasteiger charge is 2.31. The number of rotatable bonds is 4. The summed E-state index contributed by atoms with van der Waals surface area (Å²) in [5.74, 6) is 0.449. The van der Waals surface area contributed by atoms with Crippen LogP contribution >= 0.6 is 0 Å². The van der Waals surface area contributed by atoms with E-state index in [-0.39, 0.29) is 29.1 Å². The molecule has 0 aliphatic carbocycles. The molecule has 0 spiro atoms. The predicted molar refractivity (Wildman–Crippen MR) is 95.0 cm³/mol. The Morgan fingerprint density at radius 2 is 2.08 bits per heavy atom. The monoisotopic (exact) mass is 363 g/mol. The van der Waals surface area contributed by atoms with Gasteiger partial charge >= 0.3 is 0 Å². The molecular weight excluding hydrogens is 342 g/mol. The fourth-order valence-electron chi connectivity index (χ4n) is 3.04. The Hall–Kier alpha value is -2.35. The summed E-state index contributed by atoms with van der Waals surface area (Å²) in [6.45, 7) is 3.75. The van der Waals surface area contributed by atoms with E-state index in [4.69, 9.17) is 4.74 Å². The van der Waals surface area contributed by atoms with Gasteiger partial charge in [-0.05, 0) is 44.0 Å². The number of hydrogen-bond donors (Lipinski definition) is 1. The third-order valence-electron chi connectivity index (χ3n) is 4.31. The largest absolute Gasteiger partial charge is 0.495 e. The highest BCUT2D eigenvalue weighted by Crippen LogP contribution is 2.27. The maximum absolute atomic E-state index is 12.5. The molecular formula is C17H21N3O4S. The summed E-state index contributed by atoms with van der Waals surface area (Å²) >= 11 is 0. The summed E-state index contributed by atoms with van der Waals surface area (Å²) in [7, 11) is -1.47. The van der Waals surface area contributed by atoms with Crippen molar-refractivity contribution in [1.29, 1.82) is 0 Å². The van der Waals surface area contributed by atoms with Crippen LogP contribution in [0.15, 0.2) is 24.3 Å². The van der Waals surface area contributed by atoms with Crippen LogP contribution in [0.2, 0.25) is 0 Å². The average Bonchev–Trinajstić information content (AvgIpc) is 3.10. The van der Waals surface area contributed by atoms with Gasteiger partial charge < -0.3 is 10.1 Å². The summed E-state index contributed by atoms with van der Waals surface area (Å²) in [5.41, 5.74) is 2.59. The maximum Gasteiger partial charge on any atom is 0.276 e. The highest BCUT2D eigenvalue weighted by atomic mass is 32.2. The van der Waals surface area contributed by atoms with E-state index >= 15 is 0 Å². The molecule has 1 aromatic heterocycles. The van der Waals surface area contributed by atoms with Gasteiger partial charge in [0.2, 0.25) is 0 Å². The van der Waals surface area contributed by atoms with E-state index < -0.39 is 9.84 Å². The summed E-state index contributed by atoms with van der Waals surface area (Å²) in [6, 6.07) is 6.97. The lowest BCUT2D eigenvalue weighted by molar-refractivity contribution is 0.102. The summed E-state index contributed by atoms with van der Waals surface area (Å²) < 4.78 is 30.3. The summed E-state index contributed by atoms with van der Waals surface area (Å²) in [5, 5.41) is 7.14. The molecule has 1 aromatic carbocycles. The molecule has 0 bridgehead atoms. The van der Waals surface area contributed by atoms with Gasteiger partial charge in [-0.2, -0.15) is 5.10 Å². The zero-order chi connectivity index (χ0) is 18.2. The molecule has 8 heteroatoms. The minimum atomic E-state index is -3.01. The first-order valence-electron chi connectivity index (χ1n) is 8.01. The van der Waals surface area contributed by atoms with E-state index in [1.807, 2.05) is 26.0 Å². The lowest BCUT2D eigenvalue weighted by Gasteiger charge is -2.11. The Kier molecular flexibility index (Phi) is 4.55. The van der Waals surface area contributed by atoms with Crippen LogP contribution in [-0.4, -0.2) is 42.7 Å². The summed E-state index contributed by atoms with van der Waals surface area (Å²) in [6.07, 6.45) is 0.525. The van der Waals surface area contributed by atoms with Crippen molar-refractivity contribution in [3.05, 3.63) is 41.2 Å². The highest BCUT2D eigenvalue weighted by molar-refractivity contribution is 7.91. The van der Waals surface area contributed by atoms with Crippen molar-refractivity contribution in [3.8, 4) is 5.75 Å². The molecule has 1 unspecified atom stereocenters. The van der Waals surface area contributed by atoms with Gasteiger partial charge in [-0.3, -0.25) is 9.48 Å². The standard InChI is InChI=1S/C17H21N3O4S/c1-11-4-5-16(24-3)14(8-11)18-17(21)15-9-12(2)20(19-15)13-6-7-25(22,23)10-13/h4-5,8-9,13H,6-7,10H2,1-3H3,(H,18,21). The van der Waals surface area contributed by atoms with Crippen molar-refractivity contribution in [1.82, 2.24) is 9.78 Å². The van der Waals surface area contributed by atoms with Gasteiger partial charge in [0.25, 0.3) is 5.91 Å². The first-order valence-corrected chi connectivity index (χ1v) is 9.84. The molecule has 3 rings (SSSR count). The van der Waals surface area contributed by atoms with E-state index in [0.717, 1.165) is 11.3 Å². The van der Waals surface area contributed by atoms with Gasteiger partial charge in [0.1, 0.15) is 5.75 Å². The number of carbonyl (C=O) groups is 1. The van der Waals surface area contributed by atoms with Crippen LogP contribution in [0, 0.1) is 13.8 Å². The molecule has 25 heavy (non-hydrogen) atoms. The summed E-state index contributed by atoms with van der Waals surface area (Å²) in [4.78, 5) is 12.5. The van der Waals surface area contributed by atoms with Crippen LogP contribution in [-0.2, 0) is 9.84 Å². The van der Waals surface area contributed by atoms with E-state index in [0.29, 0.717) is 17.9 Å². The zero-order valence-corrected chi connectivity index (χ0v) is 15.3. The van der Waals surface area contributed by atoms with Gasteiger partial charge in [-0.1, -0.05) is 6.07 Å². The van der Waals surface area contributed by atoms with Gasteiger partial charge in [0, 0.05) is 5.69 Å². The van der Waals surface area contributed by atoms with Gasteiger partial charge in [0.15, 0.2) is 15.5 Å². The Balaban J connectivity index is 1.82. The number of aryl methyl sites for hydroxylation is 2. The second-order valence-electron chi connectivity index (χ2n) is 6.33. The molecule has 0 radical (unpaired) electrons. The number of carbonyl (C=O) groups excluding carboxylic acids is 1. The van der Waals surface area contributed by atoms with E-state index in [2.05, 4.69) is 10.4 Å². The second kappa shape index (κ2) is 6.51. The van der Waals surface area contributed by atoms with E-state index in [1.165, 1.54) is 0 Å².